The highest BCUT2D eigenvalue weighted by Gasteiger charge is 2.20. The lowest BCUT2D eigenvalue weighted by molar-refractivity contribution is 0.283. The van der Waals surface area contributed by atoms with Gasteiger partial charge in [-0.2, -0.15) is 4.98 Å². The number of pyridine rings is 1. The Morgan fingerprint density at radius 1 is 1.24 bits per heavy atom. The smallest absolute Gasteiger partial charge is 0.200 e. The van der Waals surface area contributed by atoms with Gasteiger partial charge in [-0.15, -0.1) is 0 Å². The number of aliphatic imine (C=N–C) groups is 1. The molecular formula is C26H26N6O2. The number of benzene rings is 2. The van der Waals surface area contributed by atoms with Gasteiger partial charge in [-0.3, -0.25) is 4.99 Å². The van der Waals surface area contributed by atoms with E-state index in [1.165, 1.54) is 0 Å². The number of aromatic amines is 1. The number of nitrogens with two attached hydrogens (primary N) is 1. The van der Waals surface area contributed by atoms with Crippen LogP contribution in [0.5, 0.6) is 11.5 Å². The molecule has 0 aliphatic carbocycles. The molecule has 3 N–H and O–H groups in total. The molecule has 172 valence electrons. The molecule has 0 unspecified atom stereocenters. The molecule has 1 aliphatic heterocycles. The van der Waals surface area contributed by atoms with Crippen molar-refractivity contribution in [2.45, 2.75) is 13.5 Å². The van der Waals surface area contributed by atoms with E-state index in [9.17, 15) is 0 Å². The highest BCUT2D eigenvalue weighted by Crippen LogP contribution is 2.35. The maximum Gasteiger partial charge on any atom is 0.200 e. The fraction of sp³-hybridized carbons (Fsp3) is 0.192. The average molecular weight is 455 g/mol. The molecular weight excluding hydrogens is 428 g/mol. The van der Waals surface area contributed by atoms with Gasteiger partial charge in [-0.25, -0.2) is 4.98 Å². The van der Waals surface area contributed by atoms with Gasteiger partial charge in [0.05, 0.1) is 24.9 Å². The Balaban J connectivity index is 1.48. The Morgan fingerprint density at radius 2 is 2.12 bits per heavy atom. The Bertz CT molecular complexity index is 1410. The van der Waals surface area contributed by atoms with Crippen LogP contribution in [0.25, 0.3) is 28.0 Å². The van der Waals surface area contributed by atoms with Crippen LogP contribution in [0.3, 0.4) is 0 Å². The zero-order valence-electron chi connectivity index (χ0n) is 19.2. The molecule has 2 aromatic carbocycles. The van der Waals surface area contributed by atoms with E-state index in [1.807, 2.05) is 49.5 Å². The van der Waals surface area contributed by atoms with Crippen LogP contribution in [-0.4, -0.2) is 46.3 Å². The molecule has 0 saturated heterocycles. The van der Waals surface area contributed by atoms with Crippen molar-refractivity contribution in [2.24, 2.45) is 4.99 Å². The minimum Gasteiger partial charge on any atom is -0.497 e. The van der Waals surface area contributed by atoms with Crippen molar-refractivity contribution in [1.29, 1.82) is 0 Å². The first kappa shape index (κ1) is 21.5. The van der Waals surface area contributed by atoms with Gasteiger partial charge in [0, 0.05) is 41.3 Å². The van der Waals surface area contributed by atoms with Gasteiger partial charge in [0.25, 0.3) is 0 Å². The summed E-state index contributed by atoms with van der Waals surface area (Å²) in [6.45, 7) is 8.22. The molecule has 2 aromatic heterocycles. The van der Waals surface area contributed by atoms with E-state index in [0.29, 0.717) is 31.3 Å². The largest absolute Gasteiger partial charge is 0.497 e. The summed E-state index contributed by atoms with van der Waals surface area (Å²) in [5.74, 6) is 1.99. The predicted octanol–water partition coefficient (Wildman–Crippen LogP) is 4.80. The number of ether oxygens (including phenoxy) is 2. The van der Waals surface area contributed by atoms with Crippen molar-refractivity contribution in [3.05, 3.63) is 66.4 Å². The lowest BCUT2D eigenvalue weighted by Gasteiger charge is -2.26. The highest BCUT2D eigenvalue weighted by atomic mass is 16.5. The Labute approximate surface area is 197 Å². The van der Waals surface area contributed by atoms with Crippen LogP contribution in [0.4, 0.5) is 11.6 Å². The fourth-order valence-electron chi connectivity index (χ4n) is 4.18. The SMILES string of the molecule is C=C(c1cc(OC)ccc1N=CC)N1CCOc2ccc(-c3cnc4nc(N)[nH]c4c3)cc2C1. The average Bonchev–Trinajstić information content (AvgIpc) is 3.09. The van der Waals surface area contributed by atoms with E-state index in [-0.39, 0.29) is 0 Å². The molecule has 3 heterocycles. The monoisotopic (exact) mass is 454 g/mol. The number of methoxy groups -OCH3 is 1. The number of hydrogen-bond donors (Lipinski definition) is 2. The zero-order chi connectivity index (χ0) is 23.7. The minimum atomic E-state index is 0.355. The molecule has 0 atom stereocenters. The predicted molar refractivity (Wildman–Crippen MR) is 135 cm³/mol. The topological polar surface area (TPSA) is 102 Å². The number of hydrogen-bond acceptors (Lipinski definition) is 7. The normalized spacial score (nSPS) is 13.5. The van der Waals surface area contributed by atoms with Gasteiger partial charge in [-0.05, 0) is 48.9 Å². The summed E-state index contributed by atoms with van der Waals surface area (Å²) in [7, 11) is 1.66. The van der Waals surface area contributed by atoms with Crippen LogP contribution in [0.15, 0.2) is 60.2 Å². The highest BCUT2D eigenvalue weighted by molar-refractivity contribution is 5.80. The van der Waals surface area contributed by atoms with Crippen LogP contribution in [-0.2, 0) is 6.54 Å². The van der Waals surface area contributed by atoms with Gasteiger partial charge in [0.2, 0.25) is 0 Å². The lowest BCUT2D eigenvalue weighted by atomic mass is 10.0. The lowest BCUT2D eigenvalue weighted by Crippen LogP contribution is -2.24. The van der Waals surface area contributed by atoms with Gasteiger partial charge in [0.15, 0.2) is 11.6 Å². The first-order valence-electron chi connectivity index (χ1n) is 11.0. The standard InChI is InChI=1S/C26H26N6O2/c1-4-28-22-7-6-20(33-3)13-21(22)16(2)32-9-10-34-24-8-5-17(11-19(24)15-32)18-12-23-25(29-14-18)31-26(27)30-23/h4-8,11-14H,2,9-10,15H2,1,3H3,(H3,27,29,30,31). The molecule has 0 fully saturated rings. The van der Waals surface area contributed by atoms with Crippen LogP contribution in [0.2, 0.25) is 0 Å². The van der Waals surface area contributed by atoms with E-state index in [4.69, 9.17) is 15.2 Å². The molecule has 5 rings (SSSR count). The summed E-state index contributed by atoms with van der Waals surface area (Å²) >= 11 is 0. The summed E-state index contributed by atoms with van der Waals surface area (Å²) in [6, 6.07) is 14.0. The van der Waals surface area contributed by atoms with E-state index >= 15 is 0 Å². The van der Waals surface area contributed by atoms with E-state index in [0.717, 1.165) is 50.7 Å². The Kier molecular flexibility index (Phi) is 5.63. The number of nitrogens with one attached hydrogen (secondary N) is 1. The molecule has 8 nitrogen and oxygen atoms in total. The first-order valence-corrected chi connectivity index (χ1v) is 11.0. The number of rotatable bonds is 5. The van der Waals surface area contributed by atoms with Crippen LogP contribution in [0, 0.1) is 0 Å². The van der Waals surface area contributed by atoms with Crippen LogP contribution in [0.1, 0.15) is 18.1 Å². The molecule has 0 amide bonds. The zero-order valence-corrected chi connectivity index (χ0v) is 19.2. The van der Waals surface area contributed by atoms with Gasteiger partial charge in [-0.1, -0.05) is 12.6 Å². The third-order valence-electron chi connectivity index (χ3n) is 5.89. The Morgan fingerprint density at radius 3 is 2.94 bits per heavy atom. The molecule has 34 heavy (non-hydrogen) atoms. The summed E-state index contributed by atoms with van der Waals surface area (Å²) in [6.07, 6.45) is 3.59. The molecule has 4 aromatic rings. The van der Waals surface area contributed by atoms with Gasteiger partial charge in [0.1, 0.15) is 18.1 Å². The molecule has 1 aliphatic rings. The fourth-order valence-corrected chi connectivity index (χ4v) is 4.18. The van der Waals surface area contributed by atoms with Gasteiger partial charge >= 0.3 is 0 Å². The summed E-state index contributed by atoms with van der Waals surface area (Å²) in [5.41, 5.74) is 12.9. The van der Waals surface area contributed by atoms with Crippen LogP contribution < -0.4 is 15.2 Å². The maximum atomic E-state index is 6.07. The quantitative estimate of drug-likeness (QED) is 0.420. The third-order valence-corrected chi connectivity index (χ3v) is 5.89. The molecule has 0 bridgehead atoms. The maximum absolute atomic E-state index is 6.07. The number of nitrogen functional groups attached to an aromatic ring is 1. The molecule has 0 radical (unpaired) electrons. The number of H-pyrrole nitrogens is 1. The number of imidazole rings is 1. The minimum absolute atomic E-state index is 0.355. The number of nitrogens with zero attached hydrogens (tertiary/aromatic N) is 4. The third kappa shape index (κ3) is 4.05. The van der Waals surface area contributed by atoms with Crippen molar-refractivity contribution >= 4 is 34.7 Å². The second-order valence-electron chi connectivity index (χ2n) is 8.03. The Hall–Kier alpha value is -4.33. The summed E-state index contributed by atoms with van der Waals surface area (Å²) in [4.78, 5) is 18.4. The van der Waals surface area contributed by atoms with Crippen LogP contribution >= 0.6 is 0 Å². The number of anilines is 1. The first-order chi connectivity index (χ1) is 16.6. The van der Waals surface area contributed by atoms with Crippen molar-refractivity contribution in [2.75, 3.05) is 26.0 Å². The summed E-state index contributed by atoms with van der Waals surface area (Å²) < 4.78 is 11.5. The van der Waals surface area contributed by atoms with Crippen molar-refractivity contribution in [3.63, 3.8) is 0 Å². The van der Waals surface area contributed by atoms with Crippen molar-refractivity contribution in [3.8, 4) is 22.6 Å². The van der Waals surface area contributed by atoms with E-state index in [2.05, 4.69) is 37.5 Å². The van der Waals surface area contributed by atoms with Crippen molar-refractivity contribution < 1.29 is 9.47 Å². The van der Waals surface area contributed by atoms with Crippen molar-refractivity contribution in [1.82, 2.24) is 19.9 Å². The summed E-state index contributed by atoms with van der Waals surface area (Å²) in [5, 5.41) is 0. The molecule has 8 heteroatoms. The number of fused-ring (bicyclic) bond motifs is 2. The number of aromatic nitrogens is 3. The second-order valence-corrected chi connectivity index (χ2v) is 8.03. The van der Waals surface area contributed by atoms with Gasteiger partial charge < -0.3 is 25.1 Å². The molecule has 0 spiro atoms. The van der Waals surface area contributed by atoms with E-state index < -0.39 is 0 Å². The van der Waals surface area contributed by atoms with E-state index in [1.54, 1.807) is 13.3 Å². The second kappa shape index (κ2) is 8.90. The molecule has 0 saturated carbocycles.